The number of aromatic nitrogens is 1. The minimum absolute atomic E-state index is 0.0317. The molecular formula is C13H20N2O3S. The maximum atomic E-state index is 11.6. The first-order valence-electron chi connectivity index (χ1n) is 6.37. The van der Waals surface area contributed by atoms with Gasteiger partial charge in [0, 0.05) is 18.3 Å². The van der Waals surface area contributed by atoms with E-state index in [1.54, 1.807) is 0 Å². The lowest BCUT2D eigenvalue weighted by Gasteiger charge is -2.10. The van der Waals surface area contributed by atoms with E-state index in [9.17, 15) is 9.59 Å². The number of carboxylic acid groups (broad SMARTS) is 1. The highest BCUT2D eigenvalue weighted by atomic mass is 32.1. The van der Waals surface area contributed by atoms with Crippen molar-refractivity contribution < 1.29 is 14.7 Å². The molecule has 1 atom stereocenters. The topological polar surface area (TPSA) is 79.3 Å². The summed E-state index contributed by atoms with van der Waals surface area (Å²) >= 11 is 1.54. The van der Waals surface area contributed by atoms with Crippen LogP contribution in [0.15, 0.2) is 5.38 Å². The second-order valence-electron chi connectivity index (χ2n) is 4.71. The normalized spacial score (nSPS) is 12.1. The molecule has 0 aromatic carbocycles. The number of nitrogens with zero attached hydrogens (tertiary/aromatic N) is 1. The fourth-order valence-electron chi connectivity index (χ4n) is 1.69. The Hall–Kier alpha value is -1.43. The molecule has 0 saturated heterocycles. The van der Waals surface area contributed by atoms with E-state index < -0.39 is 5.97 Å². The number of amides is 1. The van der Waals surface area contributed by atoms with Crippen LogP contribution >= 0.6 is 11.3 Å². The number of hydrogen-bond donors (Lipinski definition) is 2. The summed E-state index contributed by atoms with van der Waals surface area (Å²) < 4.78 is 0. The summed E-state index contributed by atoms with van der Waals surface area (Å²) in [5.74, 6) is -0.497. The molecule has 1 rings (SSSR count). The molecule has 19 heavy (non-hydrogen) atoms. The maximum Gasteiger partial charge on any atom is 0.303 e. The number of aryl methyl sites for hydroxylation is 1. The molecule has 0 fully saturated rings. The van der Waals surface area contributed by atoms with E-state index in [0.717, 1.165) is 17.1 Å². The van der Waals surface area contributed by atoms with Gasteiger partial charge in [0.05, 0.1) is 17.1 Å². The minimum Gasteiger partial charge on any atom is -0.481 e. The Morgan fingerprint density at radius 3 is 2.79 bits per heavy atom. The maximum absolute atomic E-state index is 11.6. The molecule has 6 heteroatoms. The van der Waals surface area contributed by atoms with E-state index in [4.69, 9.17) is 5.11 Å². The molecule has 0 aliphatic carbocycles. The smallest absolute Gasteiger partial charge is 0.303 e. The molecule has 1 heterocycles. The Morgan fingerprint density at radius 1 is 1.47 bits per heavy atom. The van der Waals surface area contributed by atoms with E-state index in [-0.39, 0.29) is 12.3 Å². The minimum atomic E-state index is -0.769. The number of aliphatic carboxylic acids is 1. The van der Waals surface area contributed by atoms with Gasteiger partial charge in [0.2, 0.25) is 5.91 Å². The standard InChI is InChI=1S/C13H20N2O3S/c1-9(3-4-13(17)18)5-6-14-12(16)7-11-8-19-10(2)15-11/h8-9H,3-7H2,1-2H3,(H,14,16)(H,17,18). The summed E-state index contributed by atoms with van der Waals surface area (Å²) in [4.78, 5) is 26.3. The summed E-state index contributed by atoms with van der Waals surface area (Å²) in [6.45, 7) is 4.50. The van der Waals surface area contributed by atoms with Crippen LogP contribution in [0.2, 0.25) is 0 Å². The Morgan fingerprint density at radius 2 is 2.21 bits per heavy atom. The first-order valence-corrected chi connectivity index (χ1v) is 7.25. The summed E-state index contributed by atoms with van der Waals surface area (Å²) in [5.41, 5.74) is 0.805. The van der Waals surface area contributed by atoms with E-state index in [0.29, 0.717) is 25.3 Å². The molecule has 0 spiro atoms. The molecule has 1 amide bonds. The number of thiazole rings is 1. The predicted molar refractivity (Wildman–Crippen MR) is 74.2 cm³/mol. The molecule has 0 saturated carbocycles. The second kappa shape index (κ2) is 7.89. The van der Waals surface area contributed by atoms with Gasteiger partial charge in [-0.05, 0) is 25.7 Å². The van der Waals surface area contributed by atoms with E-state index in [1.165, 1.54) is 11.3 Å². The zero-order valence-electron chi connectivity index (χ0n) is 11.3. The van der Waals surface area contributed by atoms with Gasteiger partial charge in [0.1, 0.15) is 0 Å². The lowest BCUT2D eigenvalue weighted by Crippen LogP contribution is -2.27. The van der Waals surface area contributed by atoms with Crippen molar-refractivity contribution in [3.8, 4) is 0 Å². The molecule has 5 nitrogen and oxygen atoms in total. The third-order valence-electron chi connectivity index (χ3n) is 2.82. The Labute approximate surface area is 117 Å². The van der Waals surface area contributed by atoms with Crippen LogP contribution in [-0.4, -0.2) is 28.5 Å². The Balaban J connectivity index is 2.15. The van der Waals surface area contributed by atoms with Crippen LogP contribution < -0.4 is 5.32 Å². The largest absolute Gasteiger partial charge is 0.481 e. The van der Waals surface area contributed by atoms with Crippen LogP contribution in [0, 0.1) is 12.8 Å². The van der Waals surface area contributed by atoms with Gasteiger partial charge in [-0.3, -0.25) is 9.59 Å². The van der Waals surface area contributed by atoms with Gasteiger partial charge in [-0.2, -0.15) is 0 Å². The Bertz CT molecular complexity index is 431. The summed E-state index contributed by atoms with van der Waals surface area (Å²) in [6.07, 6.45) is 1.95. The molecule has 0 aliphatic rings. The van der Waals surface area contributed by atoms with Crippen molar-refractivity contribution in [2.45, 2.75) is 39.5 Å². The van der Waals surface area contributed by atoms with E-state index in [2.05, 4.69) is 10.3 Å². The first-order chi connectivity index (χ1) is 8.97. The summed E-state index contributed by atoms with van der Waals surface area (Å²) in [6, 6.07) is 0. The van der Waals surface area contributed by atoms with Crippen LogP contribution in [0.1, 0.15) is 36.9 Å². The van der Waals surface area contributed by atoms with Crippen molar-refractivity contribution in [1.82, 2.24) is 10.3 Å². The number of hydrogen-bond acceptors (Lipinski definition) is 4. The zero-order chi connectivity index (χ0) is 14.3. The van der Waals surface area contributed by atoms with Gasteiger partial charge in [-0.1, -0.05) is 6.92 Å². The quantitative estimate of drug-likeness (QED) is 0.765. The SMILES string of the molecule is Cc1nc(CC(=O)NCCC(C)CCC(=O)O)cs1. The molecule has 2 N–H and O–H groups in total. The van der Waals surface area contributed by atoms with Crippen LogP contribution in [0.3, 0.4) is 0 Å². The fraction of sp³-hybridized carbons (Fsp3) is 0.615. The molecular weight excluding hydrogens is 264 g/mol. The monoisotopic (exact) mass is 284 g/mol. The van der Waals surface area contributed by atoms with Crippen molar-refractivity contribution >= 4 is 23.2 Å². The highest BCUT2D eigenvalue weighted by Crippen LogP contribution is 2.10. The number of carbonyl (C=O) groups excluding carboxylic acids is 1. The Kier molecular flexibility index (Phi) is 6.49. The average molecular weight is 284 g/mol. The highest BCUT2D eigenvalue weighted by molar-refractivity contribution is 7.09. The van der Waals surface area contributed by atoms with Gasteiger partial charge in [-0.15, -0.1) is 11.3 Å². The molecule has 1 unspecified atom stereocenters. The molecule has 0 aliphatic heterocycles. The van der Waals surface area contributed by atoms with Gasteiger partial charge in [-0.25, -0.2) is 4.98 Å². The van der Waals surface area contributed by atoms with Crippen LogP contribution in [-0.2, 0) is 16.0 Å². The second-order valence-corrected chi connectivity index (χ2v) is 5.77. The van der Waals surface area contributed by atoms with Crippen LogP contribution in [0.4, 0.5) is 0 Å². The predicted octanol–water partition coefficient (Wildman–Crippen LogP) is 2.00. The number of nitrogens with one attached hydrogen (secondary N) is 1. The fourth-order valence-corrected chi connectivity index (χ4v) is 2.30. The summed E-state index contributed by atoms with van der Waals surface area (Å²) in [7, 11) is 0. The summed E-state index contributed by atoms with van der Waals surface area (Å²) in [5, 5.41) is 14.3. The number of rotatable bonds is 8. The zero-order valence-corrected chi connectivity index (χ0v) is 12.1. The third-order valence-corrected chi connectivity index (χ3v) is 3.64. The number of carboxylic acids is 1. The van der Waals surface area contributed by atoms with Crippen LogP contribution in [0.25, 0.3) is 0 Å². The highest BCUT2D eigenvalue weighted by Gasteiger charge is 2.08. The molecule has 0 radical (unpaired) electrons. The van der Waals surface area contributed by atoms with Crippen molar-refractivity contribution in [2.75, 3.05) is 6.54 Å². The first kappa shape index (κ1) is 15.6. The van der Waals surface area contributed by atoms with Gasteiger partial charge >= 0.3 is 5.97 Å². The molecule has 1 aromatic heterocycles. The van der Waals surface area contributed by atoms with Gasteiger partial charge in [0.15, 0.2) is 0 Å². The third kappa shape index (κ3) is 6.91. The molecule has 106 valence electrons. The van der Waals surface area contributed by atoms with Crippen molar-refractivity contribution in [1.29, 1.82) is 0 Å². The number of carbonyl (C=O) groups is 2. The average Bonchev–Trinajstić information content (AvgIpc) is 2.72. The van der Waals surface area contributed by atoms with Gasteiger partial charge in [0.25, 0.3) is 0 Å². The van der Waals surface area contributed by atoms with E-state index >= 15 is 0 Å². The molecule has 0 bridgehead atoms. The van der Waals surface area contributed by atoms with Crippen molar-refractivity contribution in [3.63, 3.8) is 0 Å². The van der Waals surface area contributed by atoms with E-state index in [1.807, 2.05) is 19.2 Å². The lowest BCUT2D eigenvalue weighted by molar-refractivity contribution is -0.137. The van der Waals surface area contributed by atoms with Crippen LogP contribution in [0.5, 0.6) is 0 Å². The van der Waals surface area contributed by atoms with Gasteiger partial charge < -0.3 is 10.4 Å². The van der Waals surface area contributed by atoms with Crippen molar-refractivity contribution in [3.05, 3.63) is 16.1 Å². The molecule has 1 aromatic rings. The van der Waals surface area contributed by atoms with Crippen molar-refractivity contribution in [2.24, 2.45) is 5.92 Å². The lowest BCUT2D eigenvalue weighted by atomic mass is 10.0.